The van der Waals surface area contributed by atoms with Crippen molar-refractivity contribution in [1.82, 2.24) is 15.0 Å². The highest BCUT2D eigenvalue weighted by atomic mass is 32.2. The first-order valence-corrected chi connectivity index (χ1v) is 11.3. The maximum Gasteiger partial charge on any atom is 0.293 e. The van der Waals surface area contributed by atoms with Crippen molar-refractivity contribution in [2.45, 2.75) is 10.9 Å². The number of furan rings is 1. The second-order valence-corrected chi connectivity index (χ2v) is 8.63. The Morgan fingerprint density at radius 3 is 2.84 bits per heavy atom. The summed E-state index contributed by atoms with van der Waals surface area (Å²) in [5, 5.41) is 4.54. The second-order valence-electron chi connectivity index (χ2n) is 6.65. The van der Waals surface area contributed by atoms with Crippen LogP contribution in [0.1, 0.15) is 16.1 Å². The average Bonchev–Trinajstić information content (AvgIpc) is 3.38. The van der Waals surface area contributed by atoms with Crippen molar-refractivity contribution in [3.8, 4) is 5.75 Å². The van der Waals surface area contributed by atoms with Gasteiger partial charge in [-0.05, 0) is 18.2 Å². The number of carbonyl (C=O) groups is 1. The van der Waals surface area contributed by atoms with E-state index in [1.165, 1.54) is 31.0 Å². The van der Waals surface area contributed by atoms with Gasteiger partial charge in [0.25, 0.3) is 5.91 Å². The van der Waals surface area contributed by atoms with Crippen LogP contribution in [0.15, 0.2) is 64.4 Å². The number of carbonyl (C=O) groups excluding carboxylic acids is 1. The molecule has 0 aliphatic heterocycles. The molecule has 160 valence electrons. The lowest BCUT2D eigenvalue weighted by molar-refractivity contribution is 0.0998. The minimum atomic E-state index is -0.440. The molecule has 0 aliphatic rings. The first kappa shape index (κ1) is 20.4. The van der Waals surface area contributed by atoms with Crippen molar-refractivity contribution in [3.05, 3.63) is 72.0 Å². The van der Waals surface area contributed by atoms with Gasteiger partial charge < -0.3 is 9.15 Å². The second kappa shape index (κ2) is 8.56. The van der Waals surface area contributed by atoms with Gasteiger partial charge in [0.1, 0.15) is 22.7 Å². The van der Waals surface area contributed by atoms with E-state index in [4.69, 9.17) is 9.15 Å². The number of fused-ring (bicyclic) bond motifs is 2. The highest BCUT2D eigenvalue weighted by Crippen LogP contribution is 2.35. The Hall–Kier alpha value is -3.50. The van der Waals surface area contributed by atoms with E-state index in [-0.39, 0.29) is 5.76 Å². The van der Waals surface area contributed by atoms with Crippen LogP contribution in [0.25, 0.3) is 21.2 Å². The molecule has 0 atom stereocenters. The van der Waals surface area contributed by atoms with Crippen LogP contribution in [-0.2, 0) is 5.75 Å². The van der Waals surface area contributed by atoms with Crippen LogP contribution >= 0.6 is 23.1 Å². The molecule has 0 radical (unpaired) electrons. The molecule has 5 rings (SSSR count). The number of anilines is 1. The number of thiazole rings is 1. The first-order chi connectivity index (χ1) is 15.6. The van der Waals surface area contributed by atoms with Crippen LogP contribution in [0.3, 0.4) is 0 Å². The maximum atomic E-state index is 13.8. The monoisotopic (exact) mass is 466 g/mol. The van der Waals surface area contributed by atoms with Gasteiger partial charge in [-0.15, -0.1) is 0 Å². The van der Waals surface area contributed by atoms with Crippen molar-refractivity contribution < 1.29 is 18.3 Å². The number of benzene rings is 2. The molecule has 3 aromatic heterocycles. The van der Waals surface area contributed by atoms with Crippen molar-refractivity contribution >= 4 is 55.3 Å². The van der Waals surface area contributed by atoms with Crippen LogP contribution in [0.4, 0.5) is 9.52 Å². The predicted molar refractivity (Wildman–Crippen MR) is 122 cm³/mol. The third-order valence-electron chi connectivity index (χ3n) is 4.66. The quantitative estimate of drug-likeness (QED) is 0.260. The molecular formula is C22H15FN4O3S2. The Morgan fingerprint density at radius 1 is 1.22 bits per heavy atom. The summed E-state index contributed by atoms with van der Waals surface area (Å²) in [6, 6.07) is 11.8. The lowest BCUT2D eigenvalue weighted by Crippen LogP contribution is -2.12. The van der Waals surface area contributed by atoms with Gasteiger partial charge in [0.15, 0.2) is 16.0 Å². The van der Waals surface area contributed by atoms with Gasteiger partial charge in [-0.25, -0.2) is 19.3 Å². The number of amides is 1. The molecule has 5 aromatic rings. The molecule has 0 spiro atoms. The summed E-state index contributed by atoms with van der Waals surface area (Å²) >= 11 is 2.56. The minimum absolute atomic E-state index is 0.187. The number of hydrogen-bond donors (Lipinski definition) is 1. The molecule has 0 saturated heterocycles. The minimum Gasteiger partial charge on any atom is -0.494 e. The molecule has 2 aromatic carbocycles. The number of aromatic nitrogens is 3. The molecule has 7 nitrogen and oxygen atoms in total. The normalized spacial score (nSPS) is 11.2. The number of para-hydroxylation sites is 1. The third kappa shape index (κ3) is 3.90. The number of methoxy groups -OCH3 is 1. The van der Waals surface area contributed by atoms with Gasteiger partial charge in [0, 0.05) is 35.2 Å². The summed E-state index contributed by atoms with van der Waals surface area (Å²) in [6.07, 6.45) is 3.33. The Balaban J connectivity index is 1.47. The number of rotatable bonds is 6. The number of nitrogens with one attached hydrogen (secondary N) is 1. The number of ether oxygens (including phenoxy) is 1. The zero-order valence-corrected chi connectivity index (χ0v) is 18.3. The van der Waals surface area contributed by atoms with E-state index in [0.29, 0.717) is 37.6 Å². The molecule has 0 bridgehead atoms. The molecule has 0 unspecified atom stereocenters. The Bertz CT molecular complexity index is 1440. The predicted octanol–water partition coefficient (Wildman–Crippen LogP) is 5.52. The standard InChI is InChI=1S/C22H15FN4O3S2/c1-29-16-9-12(23)10-17-18(16)26-22(32-17)27-20(28)19-14(11-31-21-24-7-4-8-25-21)13-5-2-3-6-15(13)30-19/h2-10H,11H2,1H3,(H,26,27,28). The molecule has 0 fully saturated rings. The van der Waals surface area contributed by atoms with Crippen LogP contribution in [0.2, 0.25) is 0 Å². The molecule has 10 heteroatoms. The Labute approximate surface area is 189 Å². The maximum absolute atomic E-state index is 13.8. The average molecular weight is 467 g/mol. The Morgan fingerprint density at radius 2 is 2.03 bits per heavy atom. The fourth-order valence-electron chi connectivity index (χ4n) is 3.25. The van der Waals surface area contributed by atoms with Gasteiger partial charge in [0.2, 0.25) is 0 Å². The zero-order chi connectivity index (χ0) is 22.1. The van der Waals surface area contributed by atoms with Gasteiger partial charge in [-0.2, -0.15) is 0 Å². The number of thioether (sulfide) groups is 1. The molecule has 1 N–H and O–H groups in total. The summed E-state index contributed by atoms with van der Waals surface area (Å²) in [6.45, 7) is 0. The van der Waals surface area contributed by atoms with E-state index in [1.807, 2.05) is 24.3 Å². The van der Waals surface area contributed by atoms with E-state index >= 15 is 0 Å². The molecular weight excluding hydrogens is 451 g/mol. The van der Waals surface area contributed by atoms with Crippen LogP contribution in [-0.4, -0.2) is 28.0 Å². The van der Waals surface area contributed by atoms with E-state index in [0.717, 1.165) is 22.3 Å². The number of nitrogens with zero attached hydrogens (tertiary/aromatic N) is 3. The van der Waals surface area contributed by atoms with Gasteiger partial charge in [-0.3, -0.25) is 10.1 Å². The SMILES string of the molecule is COc1cc(F)cc2sc(NC(=O)c3oc4ccccc4c3CSc3ncccn3)nc12. The Kier molecular flexibility index (Phi) is 5.46. The van der Waals surface area contributed by atoms with Crippen LogP contribution in [0, 0.1) is 5.82 Å². The summed E-state index contributed by atoms with van der Waals surface area (Å²) in [5.41, 5.74) is 1.83. The summed E-state index contributed by atoms with van der Waals surface area (Å²) in [4.78, 5) is 26.0. The van der Waals surface area contributed by atoms with Gasteiger partial charge in [0.05, 0.1) is 11.8 Å². The van der Waals surface area contributed by atoms with Gasteiger partial charge in [-0.1, -0.05) is 41.3 Å². The highest BCUT2D eigenvalue weighted by Gasteiger charge is 2.22. The van der Waals surface area contributed by atoms with Gasteiger partial charge >= 0.3 is 0 Å². The first-order valence-electron chi connectivity index (χ1n) is 9.48. The topological polar surface area (TPSA) is 90.1 Å². The third-order valence-corrected chi connectivity index (χ3v) is 6.48. The highest BCUT2D eigenvalue weighted by molar-refractivity contribution is 7.98. The molecule has 0 saturated carbocycles. The zero-order valence-electron chi connectivity index (χ0n) is 16.7. The van der Waals surface area contributed by atoms with Crippen molar-refractivity contribution in [3.63, 3.8) is 0 Å². The van der Waals surface area contributed by atoms with Crippen molar-refractivity contribution in [2.24, 2.45) is 0 Å². The van der Waals surface area contributed by atoms with E-state index in [2.05, 4.69) is 20.3 Å². The lowest BCUT2D eigenvalue weighted by atomic mass is 10.1. The largest absolute Gasteiger partial charge is 0.494 e. The molecule has 1 amide bonds. The number of halogens is 1. The van der Waals surface area contributed by atoms with E-state index in [1.54, 1.807) is 18.5 Å². The molecule has 0 aliphatic carbocycles. The molecule has 3 heterocycles. The summed E-state index contributed by atoms with van der Waals surface area (Å²) in [5.74, 6) is 0.0650. The fraction of sp³-hybridized carbons (Fsp3) is 0.0909. The van der Waals surface area contributed by atoms with Crippen molar-refractivity contribution in [1.29, 1.82) is 0 Å². The van der Waals surface area contributed by atoms with Crippen LogP contribution in [0.5, 0.6) is 5.75 Å². The van der Waals surface area contributed by atoms with E-state index in [9.17, 15) is 9.18 Å². The summed E-state index contributed by atoms with van der Waals surface area (Å²) < 4.78 is 25.5. The lowest BCUT2D eigenvalue weighted by Gasteiger charge is -2.03. The van der Waals surface area contributed by atoms with Crippen LogP contribution < -0.4 is 10.1 Å². The molecule has 32 heavy (non-hydrogen) atoms. The summed E-state index contributed by atoms with van der Waals surface area (Å²) in [7, 11) is 1.45. The van der Waals surface area contributed by atoms with E-state index < -0.39 is 11.7 Å². The smallest absolute Gasteiger partial charge is 0.293 e. The number of hydrogen-bond acceptors (Lipinski definition) is 8. The van der Waals surface area contributed by atoms with Crippen molar-refractivity contribution in [2.75, 3.05) is 12.4 Å². The fourth-order valence-corrected chi connectivity index (χ4v) is 4.99.